The van der Waals surface area contributed by atoms with E-state index in [1.165, 1.54) is 0 Å². The van der Waals surface area contributed by atoms with Crippen molar-refractivity contribution in [2.75, 3.05) is 19.8 Å². The number of hydrogen-bond donors (Lipinski definition) is 2. The molecule has 2 heterocycles. The first-order valence-corrected chi connectivity index (χ1v) is 14.6. The fourth-order valence-electron chi connectivity index (χ4n) is 5.76. The van der Waals surface area contributed by atoms with Gasteiger partial charge in [-0.15, -0.1) is 0 Å². The van der Waals surface area contributed by atoms with E-state index >= 15 is 0 Å². The molecule has 0 bridgehead atoms. The van der Waals surface area contributed by atoms with E-state index in [1.807, 2.05) is 127 Å². The number of phenolic OH excluding ortho intramolecular Hbond substituents is 2. The highest BCUT2D eigenvalue weighted by Gasteiger charge is 2.29. The van der Waals surface area contributed by atoms with E-state index in [4.69, 9.17) is 14.5 Å². The minimum atomic E-state index is -0.157. The summed E-state index contributed by atoms with van der Waals surface area (Å²) < 4.78 is 11.8. The summed E-state index contributed by atoms with van der Waals surface area (Å²) >= 11 is 0. The third kappa shape index (κ3) is 5.11. The first-order valence-electron chi connectivity index (χ1n) is 14.6. The lowest BCUT2D eigenvalue weighted by molar-refractivity contribution is 0.318. The molecule has 0 aromatic heterocycles. The van der Waals surface area contributed by atoms with Crippen LogP contribution in [0.1, 0.15) is 22.7 Å². The van der Waals surface area contributed by atoms with Crippen molar-refractivity contribution in [2.24, 2.45) is 9.98 Å². The summed E-state index contributed by atoms with van der Waals surface area (Å²) in [5.74, 6) is 0.803. The van der Waals surface area contributed by atoms with Gasteiger partial charge in [-0.1, -0.05) is 115 Å². The highest BCUT2D eigenvalue weighted by atomic mass is 16.5. The summed E-state index contributed by atoms with van der Waals surface area (Å²) in [4.78, 5) is 9.27. The highest BCUT2D eigenvalue weighted by Crippen LogP contribution is 2.48. The molecule has 0 unspecified atom stereocenters. The summed E-state index contributed by atoms with van der Waals surface area (Å²) in [6, 6.07) is 41.2. The summed E-state index contributed by atoms with van der Waals surface area (Å²) in [7, 11) is 0. The van der Waals surface area contributed by atoms with Crippen LogP contribution in [0, 0.1) is 0 Å². The normalized spacial score (nSPS) is 15.6. The Kier molecular flexibility index (Phi) is 7.39. The molecule has 44 heavy (non-hydrogen) atoms. The van der Waals surface area contributed by atoms with Crippen LogP contribution in [0.15, 0.2) is 137 Å². The minimum absolute atomic E-state index is 0.00282. The first-order chi connectivity index (χ1) is 21.7. The Bertz CT molecular complexity index is 1990. The molecule has 0 saturated heterocycles. The number of fused-ring (bicyclic) bond motifs is 2. The van der Waals surface area contributed by atoms with Crippen molar-refractivity contribution in [3.05, 3.63) is 144 Å². The third-order valence-corrected chi connectivity index (χ3v) is 7.84. The SMILES string of the molecule is Oc1c(C2=NCCO2)cc2ccccc2c1-c1c(O)c(C2=N[C@H](c3ccccc3)CO2)cc2ccccc12.c1ccccc1. The first kappa shape index (κ1) is 27.2. The van der Waals surface area contributed by atoms with Crippen molar-refractivity contribution >= 4 is 33.3 Å². The minimum Gasteiger partial charge on any atom is -0.506 e. The van der Waals surface area contributed by atoms with E-state index in [2.05, 4.69) is 4.99 Å². The summed E-state index contributed by atoms with van der Waals surface area (Å²) in [6.45, 7) is 1.41. The van der Waals surface area contributed by atoms with Gasteiger partial charge in [0.1, 0.15) is 30.8 Å². The van der Waals surface area contributed by atoms with Gasteiger partial charge in [0, 0.05) is 11.1 Å². The molecule has 6 heteroatoms. The van der Waals surface area contributed by atoms with Crippen molar-refractivity contribution < 1.29 is 19.7 Å². The van der Waals surface area contributed by atoms with E-state index < -0.39 is 0 Å². The van der Waals surface area contributed by atoms with Crippen LogP contribution in [-0.4, -0.2) is 41.8 Å². The molecule has 2 N–H and O–H groups in total. The fourth-order valence-corrected chi connectivity index (χ4v) is 5.76. The Morgan fingerprint density at radius 3 is 1.61 bits per heavy atom. The average Bonchev–Trinajstić information content (AvgIpc) is 3.80. The van der Waals surface area contributed by atoms with Crippen LogP contribution in [0.2, 0.25) is 0 Å². The second-order valence-electron chi connectivity index (χ2n) is 10.6. The van der Waals surface area contributed by atoms with Gasteiger partial charge >= 0.3 is 0 Å². The van der Waals surface area contributed by atoms with Crippen LogP contribution in [0.3, 0.4) is 0 Å². The van der Waals surface area contributed by atoms with E-state index in [-0.39, 0.29) is 17.5 Å². The number of nitrogens with zero attached hydrogens (tertiary/aromatic N) is 2. The third-order valence-electron chi connectivity index (χ3n) is 7.84. The molecule has 1 atom stereocenters. The zero-order valence-electron chi connectivity index (χ0n) is 23.9. The van der Waals surface area contributed by atoms with Crippen molar-refractivity contribution in [1.29, 1.82) is 0 Å². The molecule has 216 valence electrons. The fraction of sp³-hybridized carbons (Fsp3) is 0.105. The molecule has 0 amide bonds. The maximum absolute atomic E-state index is 11.9. The molecule has 2 aliphatic rings. The number of hydrogen-bond acceptors (Lipinski definition) is 6. The van der Waals surface area contributed by atoms with Gasteiger partial charge in [-0.25, -0.2) is 9.98 Å². The Labute approximate surface area is 255 Å². The molecule has 0 saturated carbocycles. The number of benzene rings is 6. The van der Waals surface area contributed by atoms with Gasteiger partial charge in [-0.2, -0.15) is 0 Å². The molecule has 6 nitrogen and oxygen atoms in total. The summed E-state index contributed by atoms with van der Waals surface area (Å²) in [5, 5.41) is 27.0. The number of aliphatic imine (C=N–C) groups is 2. The molecule has 2 aliphatic heterocycles. The van der Waals surface area contributed by atoms with Crippen LogP contribution < -0.4 is 0 Å². The largest absolute Gasteiger partial charge is 0.506 e. The Morgan fingerprint density at radius 1 is 0.568 bits per heavy atom. The van der Waals surface area contributed by atoms with Crippen molar-refractivity contribution in [3.8, 4) is 22.6 Å². The van der Waals surface area contributed by atoms with Gasteiger partial charge in [0.05, 0.1) is 17.7 Å². The Morgan fingerprint density at radius 2 is 1.07 bits per heavy atom. The van der Waals surface area contributed by atoms with Crippen molar-refractivity contribution in [2.45, 2.75) is 6.04 Å². The van der Waals surface area contributed by atoms with Gasteiger partial charge in [-0.05, 0) is 39.2 Å². The van der Waals surface area contributed by atoms with Gasteiger partial charge in [0.2, 0.25) is 11.8 Å². The maximum Gasteiger partial charge on any atom is 0.220 e. The summed E-state index contributed by atoms with van der Waals surface area (Å²) in [5.41, 5.74) is 3.08. The van der Waals surface area contributed by atoms with Gasteiger partial charge in [-0.3, -0.25) is 0 Å². The molecule has 0 fully saturated rings. The molecule has 0 aliphatic carbocycles. The quantitative estimate of drug-likeness (QED) is 0.222. The van der Waals surface area contributed by atoms with Crippen molar-refractivity contribution in [1.82, 2.24) is 0 Å². The molecular weight excluding hydrogens is 548 g/mol. The zero-order chi connectivity index (χ0) is 29.9. The average molecular weight is 579 g/mol. The lowest BCUT2D eigenvalue weighted by atomic mass is 9.88. The lowest BCUT2D eigenvalue weighted by Crippen LogP contribution is -2.05. The Hall–Kier alpha value is -5.62. The number of ether oxygens (including phenoxy) is 2. The monoisotopic (exact) mass is 578 g/mol. The second-order valence-corrected chi connectivity index (χ2v) is 10.6. The highest BCUT2D eigenvalue weighted by molar-refractivity contribution is 6.16. The smallest absolute Gasteiger partial charge is 0.220 e. The standard InChI is InChI=1S/C32H24N2O4.C6H6/c35-29-24(31-33-14-15-37-31)16-20-10-4-6-12-22(20)27(29)28-23-13-7-5-11-21(23)17-25(30(28)36)32-34-26(18-38-32)19-8-2-1-3-9-19;1-2-4-6-5-3-1/h1-13,16-17,26,35-36H,14-15,18H2;1-6H/t26-;/m0./s1. The van der Waals surface area contributed by atoms with Crippen molar-refractivity contribution in [3.63, 3.8) is 0 Å². The van der Waals surface area contributed by atoms with Crippen LogP contribution in [0.4, 0.5) is 0 Å². The van der Waals surface area contributed by atoms with Crippen LogP contribution in [-0.2, 0) is 9.47 Å². The van der Waals surface area contributed by atoms with Gasteiger partial charge in [0.25, 0.3) is 0 Å². The topological polar surface area (TPSA) is 83.6 Å². The predicted molar refractivity (Wildman–Crippen MR) is 176 cm³/mol. The number of rotatable bonds is 4. The molecule has 0 spiro atoms. The lowest BCUT2D eigenvalue weighted by Gasteiger charge is -2.18. The van der Waals surface area contributed by atoms with E-state index in [9.17, 15) is 10.2 Å². The molecule has 6 aromatic carbocycles. The zero-order valence-corrected chi connectivity index (χ0v) is 23.9. The number of aromatic hydroxyl groups is 2. The van der Waals surface area contributed by atoms with E-state index in [0.717, 1.165) is 27.1 Å². The molecular formula is C38H30N2O4. The summed E-state index contributed by atoms with van der Waals surface area (Å²) in [6.07, 6.45) is 0. The molecule has 8 rings (SSSR count). The van der Waals surface area contributed by atoms with Crippen LogP contribution >= 0.6 is 0 Å². The van der Waals surface area contributed by atoms with E-state index in [0.29, 0.717) is 53.8 Å². The van der Waals surface area contributed by atoms with Gasteiger partial charge < -0.3 is 19.7 Å². The van der Waals surface area contributed by atoms with E-state index in [1.54, 1.807) is 0 Å². The second kappa shape index (κ2) is 11.9. The molecule has 0 radical (unpaired) electrons. The predicted octanol–water partition coefficient (Wildman–Crippen LogP) is 8.05. The number of phenols is 2. The van der Waals surface area contributed by atoms with Gasteiger partial charge in [0.15, 0.2) is 0 Å². The maximum atomic E-state index is 11.9. The molecule has 6 aromatic rings. The Balaban J connectivity index is 0.000000468. The van der Waals surface area contributed by atoms with Crippen LogP contribution in [0.25, 0.3) is 32.7 Å². The van der Waals surface area contributed by atoms with Crippen LogP contribution in [0.5, 0.6) is 11.5 Å².